The molecule has 1 unspecified atom stereocenters. The molecule has 106 valence electrons. The maximum atomic E-state index is 4.51. The number of hydrogen-bond acceptors (Lipinski definition) is 3. The van der Waals surface area contributed by atoms with Gasteiger partial charge in [0.1, 0.15) is 5.82 Å². The van der Waals surface area contributed by atoms with E-state index in [1.54, 1.807) is 0 Å². The van der Waals surface area contributed by atoms with E-state index in [1.165, 1.54) is 0 Å². The Balaban J connectivity index is 1.70. The first kappa shape index (κ1) is 13.8. The number of nitrogens with zero attached hydrogens (tertiary/aromatic N) is 2. The molecule has 0 radical (unpaired) electrons. The number of likely N-dealkylation sites (N-methyl/N-ethyl adjacent to an activating group) is 1. The van der Waals surface area contributed by atoms with Crippen molar-refractivity contribution in [2.24, 2.45) is 0 Å². The highest BCUT2D eigenvalue weighted by Gasteiger charge is 2.18. The zero-order valence-corrected chi connectivity index (χ0v) is 13.2. The van der Waals surface area contributed by atoms with Gasteiger partial charge in [-0.2, -0.15) is 0 Å². The zero-order valence-electron chi connectivity index (χ0n) is 11.6. The van der Waals surface area contributed by atoms with Crippen molar-refractivity contribution in [1.82, 2.24) is 20.2 Å². The summed E-state index contributed by atoms with van der Waals surface area (Å²) in [5.41, 5.74) is 2.23. The van der Waals surface area contributed by atoms with E-state index in [9.17, 15) is 0 Å². The van der Waals surface area contributed by atoms with Gasteiger partial charge in [-0.1, -0.05) is 28.1 Å². The highest BCUT2D eigenvalue weighted by atomic mass is 79.9. The van der Waals surface area contributed by atoms with E-state index in [4.69, 9.17) is 0 Å². The Kier molecular flexibility index (Phi) is 4.19. The minimum atomic E-state index is 0.482. The SMILES string of the molecule is CN1CCNC(Cc2ncc(-c3cccc(Br)c3)[nH]2)C1. The van der Waals surface area contributed by atoms with Crippen molar-refractivity contribution >= 4 is 15.9 Å². The Morgan fingerprint density at radius 1 is 1.45 bits per heavy atom. The molecule has 1 aromatic carbocycles. The van der Waals surface area contributed by atoms with Crippen molar-refractivity contribution in [3.8, 4) is 11.3 Å². The maximum absolute atomic E-state index is 4.51. The van der Waals surface area contributed by atoms with Crippen molar-refractivity contribution in [3.63, 3.8) is 0 Å². The Labute approximate surface area is 127 Å². The Morgan fingerprint density at radius 3 is 3.15 bits per heavy atom. The number of hydrogen-bond donors (Lipinski definition) is 2. The number of nitrogens with one attached hydrogen (secondary N) is 2. The second-order valence-corrected chi connectivity index (χ2v) is 6.29. The molecule has 4 nitrogen and oxygen atoms in total. The smallest absolute Gasteiger partial charge is 0.108 e. The average molecular weight is 335 g/mol. The minimum Gasteiger partial charge on any atom is -0.342 e. The van der Waals surface area contributed by atoms with Crippen molar-refractivity contribution in [1.29, 1.82) is 0 Å². The molecule has 0 spiro atoms. The lowest BCUT2D eigenvalue weighted by atomic mass is 10.1. The van der Waals surface area contributed by atoms with Crippen LogP contribution in [-0.2, 0) is 6.42 Å². The molecule has 20 heavy (non-hydrogen) atoms. The second-order valence-electron chi connectivity index (χ2n) is 5.37. The molecule has 0 saturated carbocycles. The van der Waals surface area contributed by atoms with Gasteiger partial charge in [0, 0.05) is 42.1 Å². The Hall–Kier alpha value is -1.17. The number of piperazine rings is 1. The van der Waals surface area contributed by atoms with Crippen molar-refractivity contribution in [2.75, 3.05) is 26.7 Å². The summed E-state index contributed by atoms with van der Waals surface area (Å²) in [5, 5.41) is 3.55. The Morgan fingerprint density at radius 2 is 2.35 bits per heavy atom. The van der Waals surface area contributed by atoms with Crippen LogP contribution in [0.25, 0.3) is 11.3 Å². The summed E-state index contributed by atoms with van der Waals surface area (Å²) < 4.78 is 1.08. The third-order valence-electron chi connectivity index (χ3n) is 3.66. The van der Waals surface area contributed by atoms with E-state index in [-0.39, 0.29) is 0 Å². The third kappa shape index (κ3) is 3.29. The van der Waals surface area contributed by atoms with Crippen molar-refractivity contribution < 1.29 is 0 Å². The predicted molar refractivity (Wildman–Crippen MR) is 84.7 cm³/mol. The molecule has 5 heteroatoms. The van der Waals surface area contributed by atoms with E-state index in [0.717, 1.165) is 47.6 Å². The lowest BCUT2D eigenvalue weighted by molar-refractivity contribution is 0.236. The van der Waals surface area contributed by atoms with Gasteiger partial charge in [-0.15, -0.1) is 0 Å². The molecule has 2 aromatic rings. The lowest BCUT2D eigenvalue weighted by Crippen LogP contribution is -2.50. The molecule has 0 amide bonds. The summed E-state index contributed by atoms with van der Waals surface area (Å²) in [6.07, 6.45) is 2.86. The van der Waals surface area contributed by atoms with E-state index >= 15 is 0 Å². The molecule has 0 aliphatic carbocycles. The van der Waals surface area contributed by atoms with Crippen LogP contribution in [0.5, 0.6) is 0 Å². The molecule has 3 rings (SSSR count). The van der Waals surface area contributed by atoms with Crippen LogP contribution in [0.3, 0.4) is 0 Å². The van der Waals surface area contributed by atoms with Gasteiger partial charge in [0.2, 0.25) is 0 Å². The van der Waals surface area contributed by atoms with Gasteiger partial charge < -0.3 is 15.2 Å². The first-order valence-corrected chi connectivity index (χ1v) is 7.72. The average Bonchev–Trinajstić information content (AvgIpc) is 2.87. The molecule has 1 fully saturated rings. The fraction of sp³-hybridized carbons (Fsp3) is 0.400. The topological polar surface area (TPSA) is 44.0 Å². The summed E-state index contributed by atoms with van der Waals surface area (Å²) in [6.45, 7) is 3.26. The van der Waals surface area contributed by atoms with Crippen LogP contribution in [0.15, 0.2) is 34.9 Å². The number of imidazole rings is 1. The fourth-order valence-corrected chi connectivity index (χ4v) is 3.03. The monoisotopic (exact) mass is 334 g/mol. The number of aromatic amines is 1. The minimum absolute atomic E-state index is 0.482. The van der Waals surface area contributed by atoms with Gasteiger partial charge >= 0.3 is 0 Å². The van der Waals surface area contributed by atoms with Crippen LogP contribution in [0.2, 0.25) is 0 Å². The zero-order chi connectivity index (χ0) is 13.9. The molecule has 2 heterocycles. The lowest BCUT2D eigenvalue weighted by Gasteiger charge is -2.30. The summed E-state index contributed by atoms with van der Waals surface area (Å²) in [5.74, 6) is 1.05. The van der Waals surface area contributed by atoms with Gasteiger partial charge in [-0.05, 0) is 19.2 Å². The van der Waals surface area contributed by atoms with Crippen LogP contribution < -0.4 is 5.32 Å². The number of rotatable bonds is 3. The highest BCUT2D eigenvalue weighted by Crippen LogP contribution is 2.21. The van der Waals surface area contributed by atoms with Gasteiger partial charge in [-0.3, -0.25) is 0 Å². The van der Waals surface area contributed by atoms with Crippen LogP contribution in [0.4, 0.5) is 0 Å². The predicted octanol–water partition coefficient (Wildman–Crippen LogP) is 2.29. The summed E-state index contributed by atoms with van der Waals surface area (Å²) in [7, 11) is 2.17. The number of H-pyrrole nitrogens is 1. The number of benzene rings is 1. The molecule has 1 saturated heterocycles. The normalized spacial score (nSPS) is 20.2. The van der Waals surface area contributed by atoms with E-state index in [0.29, 0.717) is 6.04 Å². The van der Waals surface area contributed by atoms with Gasteiger partial charge in [0.25, 0.3) is 0 Å². The largest absolute Gasteiger partial charge is 0.342 e. The quantitative estimate of drug-likeness (QED) is 0.905. The summed E-state index contributed by atoms with van der Waals surface area (Å²) in [6, 6.07) is 8.74. The van der Waals surface area contributed by atoms with Gasteiger partial charge in [-0.25, -0.2) is 4.98 Å². The van der Waals surface area contributed by atoms with E-state index < -0.39 is 0 Å². The molecule has 0 bridgehead atoms. The summed E-state index contributed by atoms with van der Waals surface area (Å²) >= 11 is 3.50. The molecule has 1 atom stereocenters. The number of aromatic nitrogens is 2. The number of halogens is 1. The van der Waals surface area contributed by atoms with Crippen LogP contribution in [-0.4, -0.2) is 47.6 Å². The summed E-state index contributed by atoms with van der Waals surface area (Å²) in [4.78, 5) is 10.3. The van der Waals surface area contributed by atoms with Gasteiger partial charge in [0.15, 0.2) is 0 Å². The molecule has 1 aromatic heterocycles. The molecular weight excluding hydrogens is 316 g/mol. The van der Waals surface area contributed by atoms with E-state index in [2.05, 4.69) is 55.3 Å². The molecule has 2 N–H and O–H groups in total. The first-order chi connectivity index (χ1) is 9.70. The first-order valence-electron chi connectivity index (χ1n) is 6.92. The molecule has 1 aliphatic rings. The van der Waals surface area contributed by atoms with Crippen LogP contribution in [0, 0.1) is 0 Å². The maximum Gasteiger partial charge on any atom is 0.108 e. The van der Waals surface area contributed by atoms with Crippen molar-refractivity contribution in [2.45, 2.75) is 12.5 Å². The Bertz CT molecular complexity index is 581. The van der Waals surface area contributed by atoms with Gasteiger partial charge in [0.05, 0.1) is 11.9 Å². The molecule has 1 aliphatic heterocycles. The molecular formula is C15H19BrN4. The van der Waals surface area contributed by atoms with Crippen LogP contribution in [0.1, 0.15) is 5.82 Å². The van der Waals surface area contributed by atoms with Crippen molar-refractivity contribution in [3.05, 3.63) is 40.8 Å². The third-order valence-corrected chi connectivity index (χ3v) is 4.16. The van der Waals surface area contributed by atoms with E-state index in [1.807, 2.05) is 18.3 Å². The fourth-order valence-electron chi connectivity index (χ4n) is 2.63. The standard InChI is InChI=1S/C15H19BrN4/c1-20-6-5-17-13(10-20)8-15-18-9-14(19-15)11-3-2-4-12(16)7-11/h2-4,7,9,13,17H,5-6,8,10H2,1H3,(H,18,19). The van der Waals surface area contributed by atoms with Crippen LogP contribution >= 0.6 is 15.9 Å². The highest BCUT2D eigenvalue weighted by molar-refractivity contribution is 9.10. The second kappa shape index (κ2) is 6.08.